The standard InChI is InChI=1S/C13H26N2O/c1-13(2,14)12(16)15-10-6-9-11-7-4-3-5-8-11/h11H,3-10,14H2,1-2H3,(H,15,16). The molecule has 1 fully saturated rings. The zero-order valence-electron chi connectivity index (χ0n) is 10.7. The number of carbonyl (C=O) groups excluding carboxylic acids is 1. The molecule has 0 aromatic rings. The fourth-order valence-electron chi connectivity index (χ4n) is 2.30. The fraction of sp³-hybridized carbons (Fsp3) is 0.923. The molecule has 0 aliphatic heterocycles. The molecule has 0 spiro atoms. The van der Waals surface area contributed by atoms with E-state index in [-0.39, 0.29) is 5.91 Å². The number of nitrogens with one attached hydrogen (secondary N) is 1. The average Bonchev–Trinajstić information content (AvgIpc) is 2.24. The molecule has 0 aromatic heterocycles. The quantitative estimate of drug-likeness (QED) is 0.706. The van der Waals surface area contributed by atoms with E-state index in [0.29, 0.717) is 0 Å². The lowest BCUT2D eigenvalue weighted by molar-refractivity contribution is -0.125. The molecule has 1 aliphatic rings. The molecule has 16 heavy (non-hydrogen) atoms. The van der Waals surface area contributed by atoms with Crippen LogP contribution in [-0.2, 0) is 4.79 Å². The maximum atomic E-state index is 11.5. The second-order valence-corrected chi connectivity index (χ2v) is 5.62. The van der Waals surface area contributed by atoms with Gasteiger partial charge in [-0.15, -0.1) is 0 Å². The number of rotatable bonds is 5. The number of carbonyl (C=O) groups is 1. The lowest BCUT2D eigenvalue weighted by atomic mass is 9.86. The van der Waals surface area contributed by atoms with Crippen LogP contribution in [0.5, 0.6) is 0 Å². The van der Waals surface area contributed by atoms with Crippen molar-refractivity contribution in [3.8, 4) is 0 Å². The molecule has 94 valence electrons. The molecule has 1 aliphatic carbocycles. The van der Waals surface area contributed by atoms with Crippen LogP contribution in [0.3, 0.4) is 0 Å². The first-order chi connectivity index (χ1) is 7.50. The Morgan fingerprint density at radius 3 is 2.50 bits per heavy atom. The predicted molar refractivity (Wildman–Crippen MR) is 67.1 cm³/mol. The van der Waals surface area contributed by atoms with Gasteiger partial charge in [0.15, 0.2) is 0 Å². The number of amides is 1. The third-order valence-electron chi connectivity index (χ3n) is 3.38. The maximum Gasteiger partial charge on any atom is 0.239 e. The topological polar surface area (TPSA) is 55.1 Å². The minimum atomic E-state index is -0.745. The Bertz CT molecular complexity index is 214. The zero-order valence-corrected chi connectivity index (χ0v) is 10.7. The summed E-state index contributed by atoms with van der Waals surface area (Å²) < 4.78 is 0. The third kappa shape index (κ3) is 4.97. The predicted octanol–water partition coefficient (Wildman–Crippen LogP) is 2.20. The van der Waals surface area contributed by atoms with Crippen LogP contribution in [-0.4, -0.2) is 18.0 Å². The van der Waals surface area contributed by atoms with Crippen molar-refractivity contribution in [2.75, 3.05) is 6.54 Å². The van der Waals surface area contributed by atoms with E-state index in [4.69, 9.17) is 5.73 Å². The van der Waals surface area contributed by atoms with E-state index in [0.717, 1.165) is 18.9 Å². The van der Waals surface area contributed by atoms with Crippen molar-refractivity contribution in [1.82, 2.24) is 5.32 Å². The SMILES string of the molecule is CC(C)(N)C(=O)NCCCC1CCCCC1. The van der Waals surface area contributed by atoms with Gasteiger partial charge in [-0.2, -0.15) is 0 Å². The van der Waals surface area contributed by atoms with E-state index in [9.17, 15) is 4.79 Å². The van der Waals surface area contributed by atoms with Gasteiger partial charge in [-0.1, -0.05) is 32.1 Å². The summed E-state index contributed by atoms with van der Waals surface area (Å²) in [5.41, 5.74) is 4.95. The van der Waals surface area contributed by atoms with Gasteiger partial charge < -0.3 is 11.1 Å². The fourth-order valence-corrected chi connectivity index (χ4v) is 2.30. The van der Waals surface area contributed by atoms with Gasteiger partial charge >= 0.3 is 0 Å². The molecule has 0 unspecified atom stereocenters. The van der Waals surface area contributed by atoms with Crippen LogP contribution in [0.1, 0.15) is 58.8 Å². The van der Waals surface area contributed by atoms with E-state index < -0.39 is 5.54 Å². The zero-order chi connectivity index (χ0) is 12.0. The second-order valence-electron chi connectivity index (χ2n) is 5.62. The van der Waals surface area contributed by atoms with Crippen molar-refractivity contribution < 1.29 is 4.79 Å². The van der Waals surface area contributed by atoms with Gasteiger partial charge in [0.1, 0.15) is 0 Å². The molecule has 1 amide bonds. The smallest absolute Gasteiger partial charge is 0.239 e. The van der Waals surface area contributed by atoms with Gasteiger partial charge in [0.25, 0.3) is 0 Å². The van der Waals surface area contributed by atoms with Crippen molar-refractivity contribution in [2.45, 2.75) is 64.3 Å². The Labute approximate surface area is 99.2 Å². The minimum absolute atomic E-state index is 0.0452. The Morgan fingerprint density at radius 2 is 1.94 bits per heavy atom. The summed E-state index contributed by atoms with van der Waals surface area (Å²) in [6.45, 7) is 4.25. The van der Waals surface area contributed by atoms with Gasteiger partial charge in [-0.25, -0.2) is 0 Å². The van der Waals surface area contributed by atoms with Gasteiger partial charge in [0, 0.05) is 6.54 Å². The highest BCUT2D eigenvalue weighted by molar-refractivity contribution is 5.84. The Morgan fingerprint density at radius 1 is 1.31 bits per heavy atom. The highest BCUT2D eigenvalue weighted by Crippen LogP contribution is 2.26. The normalized spacial score (nSPS) is 18.4. The van der Waals surface area contributed by atoms with Crippen molar-refractivity contribution >= 4 is 5.91 Å². The molecule has 3 N–H and O–H groups in total. The lowest BCUT2D eigenvalue weighted by Gasteiger charge is -2.22. The molecule has 0 aromatic carbocycles. The first-order valence-electron chi connectivity index (χ1n) is 6.57. The summed E-state index contributed by atoms with van der Waals surface area (Å²) in [6.07, 6.45) is 9.32. The molecular weight excluding hydrogens is 200 g/mol. The molecule has 0 saturated heterocycles. The summed E-state index contributed by atoms with van der Waals surface area (Å²) >= 11 is 0. The van der Waals surface area contributed by atoms with Crippen molar-refractivity contribution in [1.29, 1.82) is 0 Å². The van der Waals surface area contributed by atoms with Gasteiger partial charge in [-0.05, 0) is 32.6 Å². The first kappa shape index (κ1) is 13.5. The van der Waals surface area contributed by atoms with Crippen LogP contribution in [0, 0.1) is 5.92 Å². The second kappa shape index (κ2) is 6.24. The van der Waals surface area contributed by atoms with E-state index in [2.05, 4.69) is 5.32 Å². The third-order valence-corrected chi connectivity index (χ3v) is 3.38. The van der Waals surface area contributed by atoms with Crippen LogP contribution < -0.4 is 11.1 Å². The summed E-state index contributed by atoms with van der Waals surface area (Å²) in [7, 11) is 0. The van der Waals surface area contributed by atoms with Crippen LogP contribution in [0.25, 0.3) is 0 Å². The van der Waals surface area contributed by atoms with E-state index >= 15 is 0 Å². The maximum absolute atomic E-state index is 11.5. The summed E-state index contributed by atoms with van der Waals surface area (Å²) in [6, 6.07) is 0. The monoisotopic (exact) mass is 226 g/mol. The van der Waals surface area contributed by atoms with E-state index in [1.165, 1.54) is 38.5 Å². The first-order valence-corrected chi connectivity index (χ1v) is 6.57. The van der Waals surface area contributed by atoms with Crippen LogP contribution in [0.15, 0.2) is 0 Å². The van der Waals surface area contributed by atoms with Crippen molar-refractivity contribution in [2.24, 2.45) is 11.7 Å². The lowest BCUT2D eigenvalue weighted by Crippen LogP contribution is -2.49. The average molecular weight is 226 g/mol. The summed E-state index contributed by atoms with van der Waals surface area (Å²) in [4.78, 5) is 11.5. The molecule has 1 rings (SSSR count). The summed E-state index contributed by atoms with van der Waals surface area (Å²) in [5, 5.41) is 2.90. The van der Waals surface area contributed by atoms with Crippen LogP contribution >= 0.6 is 0 Å². The molecule has 0 atom stereocenters. The summed E-state index contributed by atoms with van der Waals surface area (Å²) in [5.74, 6) is 0.854. The number of hydrogen-bond donors (Lipinski definition) is 2. The molecule has 0 radical (unpaired) electrons. The van der Waals surface area contributed by atoms with Gasteiger partial charge in [0.2, 0.25) is 5.91 Å². The largest absolute Gasteiger partial charge is 0.355 e. The Balaban J connectivity index is 2.05. The van der Waals surface area contributed by atoms with Crippen LogP contribution in [0.4, 0.5) is 0 Å². The highest BCUT2D eigenvalue weighted by atomic mass is 16.2. The van der Waals surface area contributed by atoms with Gasteiger partial charge in [-0.3, -0.25) is 4.79 Å². The highest BCUT2D eigenvalue weighted by Gasteiger charge is 2.21. The molecule has 0 heterocycles. The van der Waals surface area contributed by atoms with Crippen molar-refractivity contribution in [3.63, 3.8) is 0 Å². The molecule has 3 heteroatoms. The van der Waals surface area contributed by atoms with E-state index in [1.54, 1.807) is 13.8 Å². The number of nitrogens with two attached hydrogens (primary N) is 1. The van der Waals surface area contributed by atoms with Gasteiger partial charge in [0.05, 0.1) is 5.54 Å². The minimum Gasteiger partial charge on any atom is -0.355 e. The molecule has 3 nitrogen and oxygen atoms in total. The van der Waals surface area contributed by atoms with Crippen LogP contribution in [0.2, 0.25) is 0 Å². The van der Waals surface area contributed by atoms with Crippen molar-refractivity contribution in [3.05, 3.63) is 0 Å². The Kier molecular flexibility index (Phi) is 5.26. The van der Waals surface area contributed by atoms with E-state index in [1.807, 2.05) is 0 Å². The Hall–Kier alpha value is -0.570. The molecular formula is C13H26N2O. The number of hydrogen-bond acceptors (Lipinski definition) is 2. The molecule has 0 bridgehead atoms. The molecule has 1 saturated carbocycles.